The molecule has 1 aliphatic rings. The van der Waals surface area contributed by atoms with Crippen molar-refractivity contribution in [3.8, 4) is 0 Å². The summed E-state index contributed by atoms with van der Waals surface area (Å²) in [5.41, 5.74) is 0. The summed E-state index contributed by atoms with van der Waals surface area (Å²) >= 11 is 0. The number of hydrogen-bond donors (Lipinski definition) is 1. The molecule has 1 N–H and O–H groups in total. The summed E-state index contributed by atoms with van der Waals surface area (Å²) < 4.78 is 34.7. The number of nitrogens with zero attached hydrogens (tertiary/aromatic N) is 2. The summed E-state index contributed by atoms with van der Waals surface area (Å²) in [6, 6.07) is -0.742. The standard InChI is InChI=1S/C14H29N3O4S/c1-10(2)7-13(14(18)16(5)6)15-22(19,20)17-8-11(3)21-12(4)9-17/h10-13,15H,7-9H2,1-6H3/t11-,12-,13-/m0/s1. The molecule has 0 bridgehead atoms. The zero-order valence-electron chi connectivity index (χ0n) is 14.4. The van der Waals surface area contributed by atoms with Crippen molar-refractivity contribution in [1.82, 2.24) is 13.9 Å². The van der Waals surface area contributed by atoms with Crippen LogP contribution in [0.3, 0.4) is 0 Å². The lowest BCUT2D eigenvalue weighted by Crippen LogP contribution is -2.56. The maximum atomic E-state index is 12.6. The molecule has 1 rings (SSSR count). The lowest BCUT2D eigenvalue weighted by atomic mass is 10.0. The van der Waals surface area contributed by atoms with Crippen molar-refractivity contribution in [3.63, 3.8) is 0 Å². The number of morpholine rings is 1. The Morgan fingerprint density at radius 3 is 2.18 bits per heavy atom. The van der Waals surface area contributed by atoms with Crippen LogP contribution in [0.15, 0.2) is 0 Å². The van der Waals surface area contributed by atoms with E-state index in [4.69, 9.17) is 4.74 Å². The van der Waals surface area contributed by atoms with Crippen LogP contribution in [-0.2, 0) is 19.7 Å². The average molecular weight is 335 g/mol. The number of rotatable bonds is 6. The Kier molecular flexibility index (Phi) is 6.79. The van der Waals surface area contributed by atoms with Crippen LogP contribution in [0.2, 0.25) is 0 Å². The van der Waals surface area contributed by atoms with Crippen LogP contribution in [-0.4, -0.2) is 69.0 Å². The maximum Gasteiger partial charge on any atom is 0.280 e. The Balaban J connectivity index is 2.87. The fourth-order valence-corrected chi connectivity index (χ4v) is 4.08. The van der Waals surface area contributed by atoms with E-state index in [9.17, 15) is 13.2 Å². The second-order valence-corrected chi connectivity index (χ2v) is 8.31. The van der Waals surface area contributed by atoms with E-state index in [1.54, 1.807) is 14.1 Å². The Bertz CT molecular complexity index is 468. The quantitative estimate of drug-likeness (QED) is 0.764. The average Bonchev–Trinajstić information content (AvgIpc) is 2.34. The second kappa shape index (κ2) is 7.72. The zero-order valence-corrected chi connectivity index (χ0v) is 15.2. The molecule has 22 heavy (non-hydrogen) atoms. The van der Waals surface area contributed by atoms with Crippen molar-refractivity contribution in [2.45, 2.75) is 52.4 Å². The van der Waals surface area contributed by atoms with Crippen LogP contribution in [0.4, 0.5) is 0 Å². The summed E-state index contributed by atoms with van der Waals surface area (Å²) in [5, 5.41) is 0. The molecule has 3 atom stereocenters. The van der Waals surface area contributed by atoms with Crippen molar-refractivity contribution in [3.05, 3.63) is 0 Å². The lowest BCUT2D eigenvalue weighted by Gasteiger charge is -2.35. The van der Waals surface area contributed by atoms with Crippen LogP contribution in [0, 0.1) is 5.92 Å². The molecular formula is C14H29N3O4S. The van der Waals surface area contributed by atoms with E-state index in [0.29, 0.717) is 19.5 Å². The Labute approximate surface area is 134 Å². The minimum atomic E-state index is -3.72. The van der Waals surface area contributed by atoms with E-state index in [0.717, 1.165) is 0 Å². The van der Waals surface area contributed by atoms with E-state index in [-0.39, 0.29) is 24.0 Å². The topological polar surface area (TPSA) is 79.0 Å². The molecule has 1 heterocycles. The van der Waals surface area contributed by atoms with Gasteiger partial charge in [0.05, 0.1) is 12.2 Å². The van der Waals surface area contributed by atoms with Crippen molar-refractivity contribution in [2.75, 3.05) is 27.2 Å². The van der Waals surface area contributed by atoms with Gasteiger partial charge >= 0.3 is 0 Å². The van der Waals surface area contributed by atoms with Crippen molar-refractivity contribution >= 4 is 16.1 Å². The third-order valence-corrected chi connectivity index (χ3v) is 5.02. The highest BCUT2D eigenvalue weighted by Crippen LogP contribution is 2.15. The Morgan fingerprint density at radius 1 is 1.27 bits per heavy atom. The van der Waals surface area contributed by atoms with Gasteiger partial charge in [0, 0.05) is 27.2 Å². The number of amides is 1. The normalized spacial score (nSPS) is 25.2. The van der Waals surface area contributed by atoms with Crippen LogP contribution < -0.4 is 4.72 Å². The first-order valence-electron chi connectivity index (χ1n) is 7.67. The Hall–Kier alpha value is -0.700. The van der Waals surface area contributed by atoms with Gasteiger partial charge in [-0.3, -0.25) is 4.79 Å². The summed E-state index contributed by atoms with van der Waals surface area (Å²) in [6.07, 6.45) is 0.146. The molecule has 0 aliphatic carbocycles. The highest BCUT2D eigenvalue weighted by atomic mass is 32.2. The first-order chi connectivity index (χ1) is 10.0. The number of likely N-dealkylation sites (N-methyl/N-ethyl adjacent to an activating group) is 1. The summed E-state index contributed by atoms with van der Waals surface area (Å²) in [5.74, 6) is -0.0224. The minimum Gasteiger partial charge on any atom is -0.373 e. The molecule has 0 aromatic heterocycles. The van der Waals surface area contributed by atoms with Gasteiger partial charge in [-0.25, -0.2) is 0 Å². The molecule has 130 valence electrons. The summed E-state index contributed by atoms with van der Waals surface area (Å²) in [7, 11) is -0.461. The fraction of sp³-hybridized carbons (Fsp3) is 0.929. The SMILES string of the molecule is CC(C)C[C@H](NS(=O)(=O)N1C[C@H](C)O[C@@H](C)C1)C(=O)N(C)C. The summed E-state index contributed by atoms with van der Waals surface area (Å²) in [4.78, 5) is 13.6. The molecular weight excluding hydrogens is 306 g/mol. The third kappa shape index (κ3) is 5.49. The fourth-order valence-electron chi connectivity index (χ4n) is 2.56. The molecule has 0 spiro atoms. The zero-order chi connectivity index (χ0) is 17.1. The number of carbonyl (C=O) groups is 1. The van der Waals surface area contributed by atoms with Crippen LogP contribution in [0.25, 0.3) is 0 Å². The van der Waals surface area contributed by atoms with Gasteiger partial charge in [0.2, 0.25) is 5.91 Å². The molecule has 0 aromatic carbocycles. The second-order valence-electron chi connectivity index (χ2n) is 6.61. The van der Waals surface area contributed by atoms with Gasteiger partial charge in [-0.2, -0.15) is 17.4 Å². The molecule has 1 saturated heterocycles. The molecule has 0 unspecified atom stereocenters. The highest BCUT2D eigenvalue weighted by Gasteiger charge is 2.34. The number of carbonyl (C=O) groups excluding carboxylic acids is 1. The molecule has 7 nitrogen and oxygen atoms in total. The molecule has 1 fully saturated rings. The first-order valence-corrected chi connectivity index (χ1v) is 9.11. The van der Waals surface area contributed by atoms with Crippen LogP contribution in [0.5, 0.6) is 0 Å². The monoisotopic (exact) mass is 335 g/mol. The van der Waals surface area contributed by atoms with E-state index in [1.807, 2.05) is 27.7 Å². The molecule has 0 saturated carbocycles. The van der Waals surface area contributed by atoms with Crippen molar-refractivity contribution in [2.24, 2.45) is 5.92 Å². The Morgan fingerprint density at radius 2 is 1.77 bits per heavy atom. The van der Waals surface area contributed by atoms with Gasteiger partial charge in [0.25, 0.3) is 10.2 Å². The first kappa shape index (κ1) is 19.3. The predicted molar refractivity (Wildman–Crippen MR) is 85.6 cm³/mol. The minimum absolute atomic E-state index is 0.159. The van der Waals surface area contributed by atoms with Crippen molar-refractivity contribution in [1.29, 1.82) is 0 Å². The van der Waals surface area contributed by atoms with E-state index >= 15 is 0 Å². The van der Waals surface area contributed by atoms with Gasteiger partial charge in [-0.1, -0.05) is 13.8 Å². The molecule has 1 aliphatic heterocycles. The number of hydrogen-bond acceptors (Lipinski definition) is 4. The molecule has 1 amide bonds. The van der Waals surface area contributed by atoms with Crippen LogP contribution in [0.1, 0.15) is 34.1 Å². The van der Waals surface area contributed by atoms with Gasteiger partial charge in [0.15, 0.2) is 0 Å². The predicted octanol–water partition coefficient (Wildman–Crippen LogP) is 0.433. The highest BCUT2D eigenvalue weighted by molar-refractivity contribution is 7.87. The van der Waals surface area contributed by atoms with E-state index in [1.165, 1.54) is 9.21 Å². The third-order valence-electron chi connectivity index (χ3n) is 3.46. The van der Waals surface area contributed by atoms with Crippen LogP contribution >= 0.6 is 0 Å². The maximum absolute atomic E-state index is 12.6. The van der Waals surface area contributed by atoms with Crippen molar-refractivity contribution < 1.29 is 17.9 Å². The van der Waals surface area contributed by atoms with Gasteiger partial charge in [0.1, 0.15) is 6.04 Å². The summed E-state index contributed by atoms with van der Waals surface area (Å²) in [6.45, 7) is 8.20. The number of nitrogens with one attached hydrogen (secondary N) is 1. The van der Waals surface area contributed by atoms with Gasteiger partial charge in [-0.05, 0) is 26.2 Å². The van der Waals surface area contributed by atoms with E-state index < -0.39 is 16.3 Å². The van der Waals surface area contributed by atoms with E-state index in [2.05, 4.69) is 4.72 Å². The molecule has 0 radical (unpaired) electrons. The number of ether oxygens (including phenoxy) is 1. The van der Waals surface area contributed by atoms with Gasteiger partial charge < -0.3 is 9.64 Å². The molecule has 8 heteroatoms. The largest absolute Gasteiger partial charge is 0.373 e. The lowest BCUT2D eigenvalue weighted by molar-refractivity contribution is -0.130. The smallest absolute Gasteiger partial charge is 0.280 e. The van der Waals surface area contributed by atoms with Gasteiger partial charge in [-0.15, -0.1) is 0 Å². The molecule has 0 aromatic rings.